The molecule has 1 unspecified atom stereocenters. The van der Waals surface area contributed by atoms with Crippen LogP contribution in [0.25, 0.3) is 0 Å². The highest BCUT2D eigenvalue weighted by molar-refractivity contribution is 5.59. The van der Waals surface area contributed by atoms with Crippen molar-refractivity contribution in [3.8, 4) is 0 Å². The third kappa shape index (κ3) is 3.07. The molecule has 1 atom stereocenters. The van der Waals surface area contributed by atoms with Gasteiger partial charge in [-0.1, -0.05) is 27.7 Å². The van der Waals surface area contributed by atoms with Crippen molar-refractivity contribution < 1.29 is 4.79 Å². The molecule has 1 aliphatic heterocycles. The van der Waals surface area contributed by atoms with Gasteiger partial charge in [0.2, 0.25) is 0 Å². The van der Waals surface area contributed by atoms with Gasteiger partial charge in [0.15, 0.2) is 0 Å². The molecule has 0 bridgehead atoms. The van der Waals surface area contributed by atoms with Gasteiger partial charge in [-0.2, -0.15) is 0 Å². The molecule has 0 saturated carbocycles. The Morgan fingerprint density at radius 3 is 2.38 bits per heavy atom. The van der Waals surface area contributed by atoms with Crippen LogP contribution in [0.3, 0.4) is 0 Å². The van der Waals surface area contributed by atoms with Gasteiger partial charge in [0.25, 0.3) is 0 Å². The van der Waals surface area contributed by atoms with Crippen molar-refractivity contribution >= 4 is 6.29 Å². The van der Waals surface area contributed by atoms with E-state index in [-0.39, 0.29) is 5.41 Å². The van der Waals surface area contributed by atoms with E-state index in [1.165, 1.54) is 25.8 Å². The quantitative estimate of drug-likeness (QED) is 0.648. The average molecular weight is 225 g/mol. The van der Waals surface area contributed by atoms with Crippen molar-refractivity contribution in [2.45, 2.75) is 47.0 Å². The average Bonchev–Trinajstić information content (AvgIpc) is 2.74. The first-order valence-electron chi connectivity index (χ1n) is 6.75. The maximum Gasteiger partial charge on any atom is 0.127 e. The van der Waals surface area contributed by atoms with Crippen LogP contribution in [0, 0.1) is 17.3 Å². The molecule has 1 heterocycles. The second-order valence-corrected chi connectivity index (χ2v) is 5.72. The zero-order valence-electron chi connectivity index (χ0n) is 11.3. The fraction of sp³-hybridized carbons (Fsp3) is 0.929. The van der Waals surface area contributed by atoms with E-state index in [1.807, 2.05) is 0 Å². The Morgan fingerprint density at radius 2 is 2.00 bits per heavy atom. The van der Waals surface area contributed by atoms with E-state index >= 15 is 0 Å². The van der Waals surface area contributed by atoms with E-state index in [1.54, 1.807) is 0 Å². The molecular weight excluding hydrogens is 198 g/mol. The molecule has 0 aromatic rings. The molecule has 0 aromatic heterocycles. The lowest BCUT2D eigenvalue weighted by atomic mass is 9.83. The lowest BCUT2D eigenvalue weighted by Crippen LogP contribution is -2.37. The summed E-state index contributed by atoms with van der Waals surface area (Å²) in [6.07, 6.45) is 4.43. The molecule has 0 radical (unpaired) electrons. The Hall–Kier alpha value is -0.370. The van der Waals surface area contributed by atoms with Gasteiger partial charge in [0, 0.05) is 18.5 Å². The molecule has 1 fully saturated rings. The van der Waals surface area contributed by atoms with Crippen LogP contribution in [0.1, 0.15) is 47.0 Å². The van der Waals surface area contributed by atoms with Crippen LogP contribution in [0.4, 0.5) is 0 Å². The van der Waals surface area contributed by atoms with Crippen LogP contribution in [-0.2, 0) is 4.79 Å². The lowest BCUT2D eigenvalue weighted by molar-refractivity contribution is -0.117. The summed E-state index contributed by atoms with van der Waals surface area (Å²) in [5.74, 6) is 1.61. The largest absolute Gasteiger partial charge is 0.303 e. The van der Waals surface area contributed by atoms with Crippen LogP contribution in [0.15, 0.2) is 0 Å². The van der Waals surface area contributed by atoms with Crippen LogP contribution in [-0.4, -0.2) is 30.8 Å². The van der Waals surface area contributed by atoms with Gasteiger partial charge in [-0.15, -0.1) is 0 Å². The first-order valence-corrected chi connectivity index (χ1v) is 6.75. The van der Waals surface area contributed by atoms with E-state index < -0.39 is 0 Å². The highest BCUT2D eigenvalue weighted by Crippen LogP contribution is 2.30. The molecule has 1 saturated heterocycles. The predicted molar refractivity (Wildman–Crippen MR) is 68.5 cm³/mol. The predicted octanol–water partition coefficient (Wildman–Crippen LogP) is 2.97. The fourth-order valence-electron chi connectivity index (χ4n) is 2.67. The molecule has 94 valence electrons. The maximum absolute atomic E-state index is 11.3. The number of rotatable bonds is 6. The lowest BCUT2D eigenvalue weighted by Gasteiger charge is -2.30. The number of aldehydes is 1. The van der Waals surface area contributed by atoms with Crippen LogP contribution >= 0.6 is 0 Å². The van der Waals surface area contributed by atoms with Crippen molar-refractivity contribution in [2.24, 2.45) is 17.3 Å². The van der Waals surface area contributed by atoms with Crippen molar-refractivity contribution in [1.82, 2.24) is 4.90 Å². The minimum Gasteiger partial charge on any atom is -0.303 e. The Morgan fingerprint density at radius 1 is 1.38 bits per heavy atom. The number of hydrogen-bond donors (Lipinski definition) is 0. The first kappa shape index (κ1) is 13.7. The summed E-state index contributed by atoms with van der Waals surface area (Å²) in [6.45, 7) is 12.2. The maximum atomic E-state index is 11.3. The molecule has 1 aliphatic rings. The summed E-state index contributed by atoms with van der Waals surface area (Å²) in [7, 11) is 0. The minimum atomic E-state index is -0.0914. The Bertz CT molecular complexity index is 221. The summed E-state index contributed by atoms with van der Waals surface area (Å²) in [5.41, 5.74) is -0.0914. The standard InChI is InChI=1S/C14H27NO/c1-5-14(6-2,11-16)10-15-8-7-13(9-15)12(3)4/h11-13H,5-10H2,1-4H3. The minimum absolute atomic E-state index is 0.0914. The molecule has 0 spiro atoms. The highest BCUT2D eigenvalue weighted by atomic mass is 16.1. The second-order valence-electron chi connectivity index (χ2n) is 5.72. The SMILES string of the molecule is CCC(C=O)(CC)CN1CCC(C(C)C)C1. The van der Waals surface area contributed by atoms with Gasteiger partial charge in [-0.25, -0.2) is 0 Å². The van der Waals surface area contributed by atoms with E-state index in [4.69, 9.17) is 0 Å². The van der Waals surface area contributed by atoms with Gasteiger partial charge in [0.1, 0.15) is 6.29 Å². The third-order valence-corrected chi connectivity index (χ3v) is 4.45. The summed E-state index contributed by atoms with van der Waals surface area (Å²) in [5, 5.41) is 0. The molecule has 2 heteroatoms. The van der Waals surface area contributed by atoms with Crippen molar-refractivity contribution in [3.63, 3.8) is 0 Å². The zero-order chi connectivity index (χ0) is 12.2. The Balaban J connectivity index is 2.52. The number of likely N-dealkylation sites (tertiary alicyclic amines) is 1. The summed E-state index contributed by atoms with van der Waals surface area (Å²) < 4.78 is 0. The first-order chi connectivity index (χ1) is 7.56. The highest BCUT2D eigenvalue weighted by Gasteiger charge is 2.32. The normalized spacial score (nSPS) is 22.9. The summed E-state index contributed by atoms with van der Waals surface area (Å²) in [4.78, 5) is 13.8. The van der Waals surface area contributed by atoms with Crippen LogP contribution in [0.2, 0.25) is 0 Å². The van der Waals surface area contributed by atoms with E-state index in [0.717, 1.165) is 31.2 Å². The topological polar surface area (TPSA) is 20.3 Å². The van der Waals surface area contributed by atoms with Crippen LogP contribution in [0.5, 0.6) is 0 Å². The van der Waals surface area contributed by atoms with E-state index in [2.05, 4.69) is 32.6 Å². The van der Waals surface area contributed by atoms with Gasteiger partial charge in [-0.05, 0) is 37.6 Å². The van der Waals surface area contributed by atoms with Crippen molar-refractivity contribution in [2.75, 3.05) is 19.6 Å². The number of nitrogens with zero attached hydrogens (tertiary/aromatic N) is 1. The van der Waals surface area contributed by atoms with Crippen LogP contribution < -0.4 is 0 Å². The molecule has 2 nitrogen and oxygen atoms in total. The molecule has 0 amide bonds. The van der Waals surface area contributed by atoms with Gasteiger partial charge in [-0.3, -0.25) is 0 Å². The third-order valence-electron chi connectivity index (χ3n) is 4.45. The fourth-order valence-corrected chi connectivity index (χ4v) is 2.67. The van der Waals surface area contributed by atoms with Crippen molar-refractivity contribution in [3.05, 3.63) is 0 Å². The number of hydrogen-bond acceptors (Lipinski definition) is 2. The molecule has 16 heavy (non-hydrogen) atoms. The van der Waals surface area contributed by atoms with Gasteiger partial charge >= 0.3 is 0 Å². The monoisotopic (exact) mass is 225 g/mol. The van der Waals surface area contributed by atoms with E-state index in [9.17, 15) is 4.79 Å². The Labute approximate surface area is 100 Å². The molecular formula is C14H27NO. The van der Waals surface area contributed by atoms with Gasteiger partial charge < -0.3 is 9.69 Å². The molecule has 0 aliphatic carbocycles. The summed E-state index contributed by atoms with van der Waals surface area (Å²) in [6, 6.07) is 0. The van der Waals surface area contributed by atoms with Gasteiger partial charge in [0.05, 0.1) is 0 Å². The summed E-state index contributed by atoms with van der Waals surface area (Å²) >= 11 is 0. The Kier molecular flexibility index (Phi) is 4.97. The number of carbonyl (C=O) groups is 1. The molecule has 0 N–H and O–H groups in total. The van der Waals surface area contributed by atoms with E-state index in [0.29, 0.717) is 0 Å². The second kappa shape index (κ2) is 5.81. The smallest absolute Gasteiger partial charge is 0.127 e. The number of carbonyl (C=O) groups excluding carboxylic acids is 1. The van der Waals surface area contributed by atoms with Crippen molar-refractivity contribution in [1.29, 1.82) is 0 Å². The molecule has 0 aromatic carbocycles. The molecule has 1 rings (SSSR count). The zero-order valence-corrected chi connectivity index (χ0v) is 11.3.